The highest BCUT2D eigenvalue weighted by Crippen LogP contribution is 2.21. The van der Waals surface area contributed by atoms with Gasteiger partial charge in [-0.1, -0.05) is 12.1 Å². The molecular weight excluding hydrogens is 372 g/mol. The maximum atomic E-state index is 13.1. The number of hydrogen-bond acceptors (Lipinski definition) is 4. The number of anilines is 1. The molecule has 3 rings (SSSR count). The minimum absolute atomic E-state index is 0.0739. The number of carbonyl (C=O) groups excluding carboxylic acids is 3. The number of urea groups is 1. The molecule has 2 heterocycles. The minimum atomic E-state index is -0.351. The van der Waals surface area contributed by atoms with Gasteiger partial charge in [0.15, 0.2) is 0 Å². The summed E-state index contributed by atoms with van der Waals surface area (Å²) in [5.41, 5.74) is 1.84. The van der Waals surface area contributed by atoms with Crippen LogP contribution in [0.5, 0.6) is 0 Å². The number of likely N-dealkylation sites (tertiary alicyclic amines) is 1. The van der Waals surface area contributed by atoms with E-state index >= 15 is 0 Å². The van der Waals surface area contributed by atoms with Crippen LogP contribution in [0.25, 0.3) is 0 Å². The van der Waals surface area contributed by atoms with Crippen LogP contribution in [0.4, 0.5) is 15.3 Å². The van der Waals surface area contributed by atoms with Gasteiger partial charge in [-0.25, -0.2) is 9.59 Å². The number of ether oxygens (including phenoxy) is 1. The van der Waals surface area contributed by atoms with Crippen molar-refractivity contribution in [2.75, 3.05) is 51.7 Å². The van der Waals surface area contributed by atoms with E-state index in [1.807, 2.05) is 36.1 Å². The van der Waals surface area contributed by atoms with Crippen LogP contribution in [0.2, 0.25) is 0 Å². The summed E-state index contributed by atoms with van der Waals surface area (Å²) >= 11 is 0. The average Bonchev–Trinajstić information content (AvgIpc) is 2.99. The molecule has 1 aromatic carbocycles. The smallest absolute Gasteiger partial charge is 0.409 e. The Kier molecular flexibility index (Phi) is 6.95. The van der Waals surface area contributed by atoms with E-state index in [2.05, 4.69) is 5.32 Å². The molecule has 1 N–H and O–H groups in total. The summed E-state index contributed by atoms with van der Waals surface area (Å²) < 4.78 is 4.79. The Morgan fingerprint density at radius 3 is 2.48 bits per heavy atom. The van der Waals surface area contributed by atoms with E-state index in [0.29, 0.717) is 39.3 Å². The first-order valence-electron chi connectivity index (χ1n) is 10.2. The molecule has 0 aromatic heterocycles. The second kappa shape index (κ2) is 9.62. The van der Waals surface area contributed by atoms with E-state index in [1.54, 1.807) is 9.80 Å². The fourth-order valence-corrected chi connectivity index (χ4v) is 4.00. The van der Waals surface area contributed by atoms with Crippen LogP contribution in [0, 0.1) is 12.8 Å². The highest BCUT2D eigenvalue weighted by atomic mass is 16.5. The quantitative estimate of drug-likeness (QED) is 0.824. The molecule has 2 aliphatic rings. The molecule has 8 nitrogen and oxygen atoms in total. The van der Waals surface area contributed by atoms with Crippen molar-refractivity contribution in [1.29, 1.82) is 0 Å². The monoisotopic (exact) mass is 402 g/mol. The molecule has 4 amide bonds. The van der Waals surface area contributed by atoms with Gasteiger partial charge in [-0.2, -0.15) is 0 Å². The zero-order valence-corrected chi connectivity index (χ0v) is 17.2. The first-order valence-corrected chi connectivity index (χ1v) is 10.2. The Morgan fingerprint density at radius 2 is 1.72 bits per heavy atom. The third-order valence-corrected chi connectivity index (χ3v) is 5.57. The number of aryl methyl sites for hydroxylation is 1. The van der Waals surface area contributed by atoms with Crippen molar-refractivity contribution in [3.8, 4) is 0 Å². The normalized spacial score (nSPS) is 20.1. The lowest BCUT2D eigenvalue weighted by Gasteiger charge is -2.34. The average molecular weight is 402 g/mol. The number of benzene rings is 1. The fraction of sp³-hybridized carbons (Fsp3) is 0.571. The Bertz CT molecular complexity index is 754. The molecule has 1 unspecified atom stereocenters. The van der Waals surface area contributed by atoms with E-state index in [0.717, 1.165) is 30.5 Å². The first-order chi connectivity index (χ1) is 14.0. The van der Waals surface area contributed by atoms with E-state index in [1.165, 1.54) is 7.11 Å². The Morgan fingerprint density at radius 1 is 1.00 bits per heavy atom. The maximum Gasteiger partial charge on any atom is 0.409 e. The van der Waals surface area contributed by atoms with Crippen LogP contribution < -0.4 is 5.32 Å². The molecule has 0 radical (unpaired) electrons. The van der Waals surface area contributed by atoms with Crippen molar-refractivity contribution in [1.82, 2.24) is 14.7 Å². The summed E-state index contributed by atoms with van der Waals surface area (Å²) in [7, 11) is 1.37. The summed E-state index contributed by atoms with van der Waals surface area (Å²) in [4.78, 5) is 42.6. The van der Waals surface area contributed by atoms with Crippen LogP contribution in [-0.2, 0) is 9.53 Å². The largest absolute Gasteiger partial charge is 0.453 e. The van der Waals surface area contributed by atoms with Gasteiger partial charge in [0, 0.05) is 45.0 Å². The summed E-state index contributed by atoms with van der Waals surface area (Å²) in [5.74, 6) is -0.124. The van der Waals surface area contributed by atoms with Gasteiger partial charge in [0.2, 0.25) is 5.91 Å². The standard InChI is InChI=1S/C21H30N4O4/c1-16-6-3-8-18(14-16)22-20(27)25-9-4-7-17(15-25)19(26)23-10-5-11-24(13-12-23)21(28)29-2/h3,6,8,14,17H,4-5,7,9-13,15H2,1-2H3,(H,22,27). The van der Waals surface area contributed by atoms with Gasteiger partial charge in [-0.3, -0.25) is 4.79 Å². The number of nitrogens with one attached hydrogen (secondary N) is 1. The molecule has 8 heteroatoms. The molecule has 29 heavy (non-hydrogen) atoms. The molecule has 2 aliphatic heterocycles. The van der Waals surface area contributed by atoms with Gasteiger partial charge in [-0.15, -0.1) is 0 Å². The van der Waals surface area contributed by atoms with E-state index < -0.39 is 0 Å². The van der Waals surface area contributed by atoms with Gasteiger partial charge in [-0.05, 0) is 43.9 Å². The molecular formula is C21H30N4O4. The van der Waals surface area contributed by atoms with Crippen molar-refractivity contribution in [2.45, 2.75) is 26.2 Å². The van der Waals surface area contributed by atoms with Crippen molar-refractivity contribution in [2.24, 2.45) is 5.92 Å². The Balaban J connectivity index is 1.56. The first kappa shape index (κ1) is 21.0. The zero-order valence-electron chi connectivity index (χ0n) is 17.2. The minimum Gasteiger partial charge on any atom is -0.453 e. The third kappa shape index (κ3) is 5.40. The molecule has 0 aliphatic carbocycles. The molecule has 0 bridgehead atoms. The third-order valence-electron chi connectivity index (χ3n) is 5.57. The van der Waals surface area contributed by atoms with E-state index in [4.69, 9.17) is 4.74 Å². The van der Waals surface area contributed by atoms with Crippen LogP contribution in [-0.4, -0.2) is 79.1 Å². The SMILES string of the molecule is COC(=O)N1CCCN(C(=O)C2CCCN(C(=O)Nc3cccc(C)c3)C2)CC1. The molecule has 0 spiro atoms. The van der Waals surface area contributed by atoms with Crippen molar-refractivity contribution >= 4 is 23.7 Å². The summed E-state index contributed by atoms with van der Waals surface area (Å²) in [6.07, 6.45) is 1.96. The number of methoxy groups -OCH3 is 1. The molecule has 0 saturated carbocycles. The van der Waals surface area contributed by atoms with Crippen molar-refractivity contribution < 1.29 is 19.1 Å². The Labute approximate surface area is 171 Å². The lowest BCUT2D eigenvalue weighted by molar-refractivity contribution is -0.136. The van der Waals surface area contributed by atoms with Gasteiger partial charge < -0.3 is 24.8 Å². The number of amides is 4. The highest BCUT2D eigenvalue weighted by molar-refractivity contribution is 5.90. The second-order valence-electron chi connectivity index (χ2n) is 7.72. The summed E-state index contributed by atoms with van der Waals surface area (Å²) in [5, 5.41) is 2.93. The summed E-state index contributed by atoms with van der Waals surface area (Å²) in [6, 6.07) is 7.51. The van der Waals surface area contributed by atoms with Gasteiger partial charge in [0.1, 0.15) is 0 Å². The molecule has 1 atom stereocenters. The molecule has 1 aromatic rings. The molecule has 158 valence electrons. The number of nitrogens with zero attached hydrogens (tertiary/aromatic N) is 3. The van der Waals surface area contributed by atoms with Gasteiger partial charge in [0.25, 0.3) is 0 Å². The lowest BCUT2D eigenvalue weighted by Crippen LogP contribution is -2.48. The topological polar surface area (TPSA) is 82.2 Å². The van der Waals surface area contributed by atoms with E-state index in [9.17, 15) is 14.4 Å². The number of rotatable bonds is 2. The maximum absolute atomic E-state index is 13.1. The van der Waals surface area contributed by atoms with Crippen molar-refractivity contribution in [3.63, 3.8) is 0 Å². The predicted octanol–water partition coefficient (Wildman–Crippen LogP) is 2.54. The van der Waals surface area contributed by atoms with Crippen LogP contribution in [0.1, 0.15) is 24.8 Å². The van der Waals surface area contributed by atoms with Crippen LogP contribution in [0.15, 0.2) is 24.3 Å². The van der Waals surface area contributed by atoms with Crippen molar-refractivity contribution in [3.05, 3.63) is 29.8 Å². The molecule has 2 fully saturated rings. The fourth-order valence-electron chi connectivity index (χ4n) is 4.00. The number of piperidine rings is 1. The van der Waals surface area contributed by atoms with Crippen LogP contribution >= 0.6 is 0 Å². The lowest BCUT2D eigenvalue weighted by atomic mass is 9.96. The predicted molar refractivity (Wildman–Crippen MR) is 110 cm³/mol. The van der Waals surface area contributed by atoms with E-state index in [-0.39, 0.29) is 23.9 Å². The van der Waals surface area contributed by atoms with Crippen LogP contribution in [0.3, 0.4) is 0 Å². The number of hydrogen-bond donors (Lipinski definition) is 1. The second-order valence-corrected chi connectivity index (χ2v) is 7.72. The van der Waals surface area contributed by atoms with Gasteiger partial charge >= 0.3 is 12.1 Å². The number of carbonyl (C=O) groups is 3. The Hall–Kier alpha value is -2.77. The highest BCUT2D eigenvalue weighted by Gasteiger charge is 2.32. The van der Waals surface area contributed by atoms with Gasteiger partial charge in [0.05, 0.1) is 13.0 Å². The molecule has 2 saturated heterocycles. The summed E-state index contributed by atoms with van der Waals surface area (Å²) in [6.45, 7) is 5.24. The zero-order chi connectivity index (χ0) is 20.8.